The van der Waals surface area contributed by atoms with Crippen LogP contribution in [-0.4, -0.2) is 5.91 Å². The Balaban J connectivity index is 2.52. The van der Waals surface area contributed by atoms with Crippen LogP contribution in [0.5, 0.6) is 0 Å². The van der Waals surface area contributed by atoms with Gasteiger partial charge in [-0.2, -0.15) is 15.8 Å². The Hall–Kier alpha value is -3.37. The Bertz CT molecular complexity index is 745. The third kappa shape index (κ3) is 2.14. The first-order chi connectivity index (χ1) is 9.60. The van der Waals surface area contributed by atoms with Gasteiger partial charge in [0.05, 0.1) is 0 Å². The number of carbonyl (C=O) groups is 1. The molecule has 0 unspecified atom stereocenters. The summed E-state index contributed by atoms with van der Waals surface area (Å²) in [4.78, 5) is 11.5. The normalized spacial score (nSPS) is 11.4. The third-order valence-electron chi connectivity index (χ3n) is 2.73. The average Bonchev–Trinajstić information content (AvgIpc) is 2.80. The lowest BCUT2D eigenvalue weighted by Crippen LogP contribution is -2.12. The molecule has 2 N–H and O–H groups in total. The molecule has 1 aliphatic rings. The van der Waals surface area contributed by atoms with Crippen molar-refractivity contribution < 1.29 is 9.18 Å². The maximum absolute atomic E-state index is 13.5. The van der Waals surface area contributed by atoms with Crippen LogP contribution in [0.15, 0.2) is 23.4 Å². The number of fused-ring (bicyclic) bond motifs is 1. The van der Waals surface area contributed by atoms with E-state index in [1.54, 1.807) is 18.2 Å². The Morgan fingerprint density at radius 2 is 1.95 bits per heavy atom. The summed E-state index contributed by atoms with van der Waals surface area (Å²) in [7, 11) is 0. The van der Waals surface area contributed by atoms with Crippen molar-refractivity contribution >= 4 is 11.6 Å². The standard InChI is InChI=1S/C13H6FN5O/c14-8-1-9-10(6-18-13(9)20)11(2-8)19-12(5-17)7(3-15)4-16/h1-2,19H,6H2,(H,18,20). The first-order valence-electron chi connectivity index (χ1n) is 5.43. The molecule has 1 amide bonds. The van der Waals surface area contributed by atoms with Crippen molar-refractivity contribution in [2.45, 2.75) is 6.54 Å². The van der Waals surface area contributed by atoms with Gasteiger partial charge >= 0.3 is 0 Å². The average molecular weight is 267 g/mol. The first kappa shape index (κ1) is 13.1. The van der Waals surface area contributed by atoms with Crippen LogP contribution in [0.1, 0.15) is 15.9 Å². The molecule has 0 aliphatic carbocycles. The number of nitriles is 3. The van der Waals surface area contributed by atoms with Crippen LogP contribution in [0.3, 0.4) is 0 Å². The molecule has 96 valence electrons. The fourth-order valence-corrected chi connectivity index (χ4v) is 1.82. The van der Waals surface area contributed by atoms with Crippen LogP contribution in [0, 0.1) is 39.8 Å². The molecule has 2 rings (SSSR count). The minimum atomic E-state index is -0.656. The second-order valence-electron chi connectivity index (χ2n) is 3.87. The van der Waals surface area contributed by atoms with Crippen molar-refractivity contribution in [2.24, 2.45) is 0 Å². The highest BCUT2D eigenvalue weighted by Crippen LogP contribution is 2.27. The van der Waals surface area contributed by atoms with E-state index < -0.39 is 17.3 Å². The van der Waals surface area contributed by atoms with Crippen molar-refractivity contribution in [3.05, 3.63) is 40.3 Å². The SMILES string of the molecule is N#CC(C#N)=C(C#N)Nc1cc(F)cc2c1CNC2=O. The quantitative estimate of drug-likeness (QED) is 0.784. The number of benzene rings is 1. The molecule has 6 nitrogen and oxygen atoms in total. The molecule has 0 atom stereocenters. The molecular weight excluding hydrogens is 261 g/mol. The van der Waals surface area contributed by atoms with Gasteiger partial charge in [0.2, 0.25) is 0 Å². The van der Waals surface area contributed by atoms with E-state index in [4.69, 9.17) is 15.8 Å². The number of allylic oxidation sites excluding steroid dienone is 2. The van der Waals surface area contributed by atoms with Crippen LogP contribution < -0.4 is 10.6 Å². The number of nitrogens with one attached hydrogen (secondary N) is 2. The number of amides is 1. The number of halogens is 1. The lowest BCUT2D eigenvalue weighted by molar-refractivity contribution is 0.0965. The highest BCUT2D eigenvalue weighted by molar-refractivity contribution is 6.00. The molecule has 0 fully saturated rings. The molecule has 1 heterocycles. The van der Waals surface area contributed by atoms with Gasteiger partial charge in [-0.25, -0.2) is 4.39 Å². The second-order valence-corrected chi connectivity index (χ2v) is 3.87. The van der Waals surface area contributed by atoms with Crippen LogP contribution in [0.25, 0.3) is 0 Å². The van der Waals surface area contributed by atoms with Crippen LogP contribution in [0.4, 0.5) is 10.1 Å². The molecule has 0 aromatic heterocycles. The Kier molecular flexibility index (Phi) is 3.33. The van der Waals surface area contributed by atoms with Crippen molar-refractivity contribution in [2.75, 3.05) is 5.32 Å². The lowest BCUT2D eigenvalue weighted by atomic mass is 10.1. The zero-order chi connectivity index (χ0) is 14.7. The molecule has 0 spiro atoms. The van der Waals surface area contributed by atoms with Gasteiger partial charge in [0.15, 0.2) is 5.57 Å². The van der Waals surface area contributed by atoms with Gasteiger partial charge in [-0.05, 0) is 12.1 Å². The molecule has 0 saturated carbocycles. The van der Waals surface area contributed by atoms with Crippen LogP contribution in [-0.2, 0) is 6.54 Å². The Labute approximate surface area is 113 Å². The first-order valence-corrected chi connectivity index (χ1v) is 5.43. The molecule has 1 aromatic carbocycles. The van der Waals surface area contributed by atoms with Gasteiger partial charge in [-0.15, -0.1) is 0 Å². The fraction of sp³-hybridized carbons (Fsp3) is 0.0769. The van der Waals surface area contributed by atoms with E-state index in [0.29, 0.717) is 5.56 Å². The van der Waals surface area contributed by atoms with Crippen molar-refractivity contribution in [3.8, 4) is 18.2 Å². The molecule has 20 heavy (non-hydrogen) atoms. The largest absolute Gasteiger partial charge is 0.348 e. The van der Waals surface area contributed by atoms with Gasteiger partial charge in [-0.1, -0.05) is 0 Å². The zero-order valence-corrected chi connectivity index (χ0v) is 9.99. The molecule has 1 aliphatic heterocycles. The smallest absolute Gasteiger partial charge is 0.252 e. The summed E-state index contributed by atoms with van der Waals surface area (Å²) < 4.78 is 13.5. The Morgan fingerprint density at radius 3 is 2.55 bits per heavy atom. The van der Waals surface area contributed by atoms with E-state index in [2.05, 4.69) is 10.6 Å². The van der Waals surface area contributed by atoms with E-state index in [1.807, 2.05) is 0 Å². The summed E-state index contributed by atoms with van der Waals surface area (Å²) in [6.45, 7) is 0.184. The summed E-state index contributed by atoms with van der Waals surface area (Å²) >= 11 is 0. The van der Waals surface area contributed by atoms with Gasteiger partial charge in [0.25, 0.3) is 5.91 Å². The molecular formula is C13H6FN5O. The zero-order valence-electron chi connectivity index (χ0n) is 9.99. The van der Waals surface area contributed by atoms with E-state index in [9.17, 15) is 9.18 Å². The predicted molar refractivity (Wildman–Crippen MR) is 65.1 cm³/mol. The van der Waals surface area contributed by atoms with Crippen LogP contribution in [0.2, 0.25) is 0 Å². The molecule has 1 aromatic rings. The van der Waals surface area contributed by atoms with Gasteiger partial charge < -0.3 is 10.6 Å². The molecule has 0 radical (unpaired) electrons. The second kappa shape index (κ2) is 5.09. The van der Waals surface area contributed by atoms with E-state index in [1.165, 1.54) is 0 Å². The monoisotopic (exact) mass is 267 g/mol. The highest BCUT2D eigenvalue weighted by Gasteiger charge is 2.23. The van der Waals surface area contributed by atoms with Crippen molar-refractivity contribution in [1.29, 1.82) is 15.8 Å². The summed E-state index contributed by atoms with van der Waals surface area (Å²) in [5, 5.41) is 31.5. The summed E-state index contributed by atoms with van der Waals surface area (Å²) in [5.41, 5.74) is 0.127. The van der Waals surface area contributed by atoms with Gasteiger partial charge in [0.1, 0.15) is 29.7 Å². The minimum absolute atomic E-state index is 0.167. The highest BCUT2D eigenvalue weighted by atomic mass is 19.1. The number of rotatable bonds is 2. The number of carbonyl (C=O) groups excluding carboxylic acids is 1. The summed E-state index contributed by atoms with van der Waals surface area (Å²) in [5.74, 6) is -1.07. The maximum Gasteiger partial charge on any atom is 0.252 e. The Morgan fingerprint density at radius 1 is 1.25 bits per heavy atom. The number of hydrogen-bond donors (Lipinski definition) is 2. The van der Waals surface area contributed by atoms with E-state index in [0.717, 1.165) is 12.1 Å². The number of anilines is 1. The summed E-state index contributed by atoms with van der Waals surface area (Å²) in [6, 6.07) is 7.00. The molecule has 0 bridgehead atoms. The molecule has 7 heteroatoms. The van der Waals surface area contributed by atoms with E-state index >= 15 is 0 Å². The van der Waals surface area contributed by atoms with Crippen molar-refractivity contribution in [1.82, 2.24) is 5.32 Å². The van der Waals surface area contributed by atoms with Gasteiger partial charge in [-0.3, -0.25) is 4.79 Å². The maximum atomic E-state index is 13.5. The molecule has 0 saturated heterocycles. The number of hydrogen-bond acceptors (Lipinski definition) is 5. The van der Waals surface area contributed by atoms with Gasteiger partial charge in [0, 0.05) is 23.4 Å². The van der Waals surface area contributed by atoms with E-state index in [-0.39, 0.29) is 23.5 Å². The third-order valence-corrected chi connectivity index (χ3v) is 2.73. The number of nitrogens with zero attached hydrogens (tertiary/aromatic N) is 3. The topological polar surface area (TPSA) is 112 Å². The predicted octanol–water partition coefficient (Wildman–Crippen LogP) is 1.31. The van der Waals surface area contributed by atoms with Crippen molar-refractivity contribution in [3.63, 3.8) is 0 Å². The van der Waals surface area contributed by atoms with Crippen LogP contribution >= 0.6 is 0 Å². The fourth-order valence-electron chi connectivity index (χ4n) is 1.82. The minimum Gasteiger partial charge on any atom is -0.348 e. The summed E-state index contributed by atoms with van der Waals surface area (Å²) in [6.07, 6.45) is 0. The lowest BCUT2D eigenvalue weighted by Gasteiger charge is -2.09.